The monoisotopic (exact) mass is 438 g/mol. The van der Waals surface area contributed by atoms with Crippen LogP contribution in [0.4, 0.5) is 11.4 Å². The first kappa shape index (κ1) is 21.9. The third-order valence-electron chi connectivity index (χ3n) is 4.66. The molecule has 2 aromatic heterocycles. The highest BCUT2D eigenvalue weighted by Gasteiger charge is 2.10. The molecule has 0 aliphatic rings. The summed E-state index contributed by atoms with van der Waals surface area (Å²) >= 11 is 0. The summed E-state index contributed by atoms with van der Waals surface area (Å²) in [5.74, 6) is -0.657. The molecule has 0 spiro atoms. The van der Waals surface area contributed by atoms with Gasteiger partial charge in [0, 0.05) is 12.4 Å². The number of carbonyl (C=O) groups is 2. The number of benzene rings is 2. The van der Waals surface area contributed by atoms with Crippen LogP contribution in [-0.4, -0.2) is 34.2 Å². The van der Waals surface area contributed by atoms with Crippen LogP contribution >= 0.6 is 0 Å². The molecule has 2 aromatic carbocycles. The Morgan fingerprint density at radius 2 is 0.970 bits per heavy atom. The molecule has 0 saturated heterocycles. The summed E-state index contributed by atoms with van der Waals surface area (Å²) in [5, 5.41) is 0. The van der Waals surface area contributed by atoms with Crippen molar-refractivity contribution in [3.8, 4) is 0 Å². The molecule has 0 atom stereocenters. The molecule has 7 heteroatoms. The van der Waals surface area contributed by atoms with Crippen LogP contribution in [0.25, 0.3) is 0 Å². The summed E-state index contributed by atoms with van der Waals surface area (Å²) in [6.45, 7) is -0.535. The van der Waals surface area contributed by atoms with Crippen LogP contribution in [0.2, 0.25) is 0 Å². The molecule has 0 saturated carbocycles. The Morgan fingerprint density at radius 1 is 0.576 bits per heavy atom. The van der Waals surface area contributed by atoms with E-state index in [-0.39, 0.29) is 25.0 Å². The molecule has 0 aliphatic carbocycles. The van der Waals surface area contributed by atoms with E-state index in [1.54, 1.807) is 48.8 Å². The molecule has 0 N–H and O–H groups in total. The first-order chi connectivity index (χ1) is 16.2. The lowest BCUT2D eigenvalue weighted by Crippen LogP contribution is -2.32. The van der Waals surface area contributed by atoms with Crippen molar-refractivity contribution < 1.29 is 14.3 Å². The zero-order valence-corrected chi connectivity index (χ0v) is 17.8. The Bertz CT molecular complexity index is 1270. The fraction of sp³-hybridized carbons (Fsp3) is 0.0769. The van der Waals surface area contributed by atoms with E-state index in [2.05, 4.69) is 9.98 Å². The molecule has 2 heterocycles. The van der Waals surface area contributed by atoms with E-state index in [9.17, 15) is 9.59 Å². The fourth-order valence-corrected chi connectivity index (χ4v) is 3.11. The van der Waals surface area contributed by atoms with E-state index in [0.717, 1.165) is 11.4 Å². The number of para-hydroxylation sites is 2. The first-order valence-corrected chi connectivity index (χ1v) is 10.4. The Kier molecular flexibility index (Phi) is 7.15. The van der Waals surface area contributed by atoms with E-state index in [1.807, 2.05) is 60.7 Å². The highest BCUT2D eigenvalue weighted by atomic mass is 16.5. The second kappa shape index (κ2) is 10.8. The van der Waals surface area contributed by atoms with Crippen molar-refractivity contribution in [2.45, 2.75) is 0 Å². The minimum atomic E-state index is -0.328. The Morgan fingerprint density at radius 3 is 1.39 bits per heavy atom. The fourth-order valence-electron chi connectivity index (χ4n) is 3.11. The molecule has 0 bridgehead atoms. The van der Waals surface area contributed by atoms with E-state index in [0.29, 0.717) is 11.0 Å². The van der Waals surface area contributed by atoms with Crippen LogP contribution < -0.4 is 11.0 Å². The number of rotatable bonds is 6. The van der Waals surface area contributed by atoms with Crippen LogP contribution in [0.5, 0.6) is 0 Å². The van der Waals surface area contributed by atoms with Gasteiger partial charge in [0.05, 0.1) is 11.4 Å². The maximum Gasteiger partial charge on any atom is 0.258 e. The topological polar surface area (TPSA) is 78.0 Å². The molecule has 0 fully saturated rings. The maximum absolute atomic E-state index is 12.7. The molecule has 0 radical (unpaired) electrons. The quantitative estimate of drug-likeness (QED) is 0.460. The average molecular weight is 438 g/mol. The summed E-state index contributed by atoms with van der Waals surface area (Å²) in [4.78, 5) is 34.5. The zero-order valence-electron chi connectivity index (χ0n) is 17.8. The summed E-state index contributed by atoms with van der Waals surface area (Å²) in [6, 6.07) is 29.3. The van der Waals surface area contributed by atoms with E-state index in [4.69, 9.17) is 4.74 Å². The van der Waals surface area contributed by atoms with Gasteiger partial charge in [-0.3, -0.25) is 18.7 Å². The normalized spacial score (nSPS) is 12.0. The standard InChI is InChI=1S/C26H22N4O3/c31-25(29-17-9-7-15-23(29)27-21-11-3-1-4-12-21)19-33-20-26(32)30-18-10-8-16-24(30)28-22-13-5-2-6-14-22/h1-18H,19-20H2. The van der Waals surface area contributed by atoms with Crippen LogP contribution in [0, 0.1) is 0 Å². The predicted octanol–water partition coefficient (Wildman–Crippen LogP) is 3.75. The van der Waals surface area contributed by atoms with Gasteiger partial charge in [-0.2, -0.15) is 0 Å². The Hall–Kier alpha value is -4.36. The SMILES string of the molecule is O=C(COCC(=O)n1ccccc1=Nc1ccccc1)n1ccccc1=Nc1ccccc1. The van der Waals surface area contributed by atoms with Gasteiger partial charge in [0.1, 0.15) is 24.2 Å². The van der Waals surface area contributed by atoms with Crippen LogP contribution in [0.15, 0.2) is 119 Å². The summed E-state index contributed by atoms with van der Waals surface area (Å²) in [6.07, 6.45) is 3.25. The molecule has 0 amide bonds. The average Bonchev–Trinajstić information content (AvgIpc) is 2.86. The third-order valence-corrected chi connectivity index (χ3v) is 4.66. The molecule has 4 rings (SSSR count). The minimum Gasteiger partial charge on any atom is -0.362 e. The van der Waals surface area contributed by atoms with Crippen molar-refractivity contribution in [3.63, 3.8) is 0 Å². The van der Waals surface area contributed by atoms with Crippen molar-refractivity contribution in [3.05, 3.63) is 120 Å². The van der Waals surface area contributed by atoms with E-state index in [1.165, 1.54) is 9.13 Å². The number of nitrogens with zero attached hydrogens (tertiary/aromatic N) is 4. The lowest BCUT2D eigenvalue weighted by atomic mass is 10.3. The maximum atomic E-state index is 12.7. The third kappa shape index (κ3) is 5.87. The van der Waals surface area contributed by atoms with Crippen molar-refractivity contribution in [1.82, 2.24) is 9.13 Å². The van der Waals surface area contributed by atoms with Gasteiger partial charge in [-0.05, 0) is 48.5 Å². The van der Waals surface area contributed by atoms with E-state index >= 15 is 0 Å². The largest absolute Gasteiger partial charge is 0.362 e. The number of pyridine rings is 2. The van der Waals surface area contributed by atoms with Gasteiger partial charge in [-0.1, -0.05) is 48.5 Å². The van der Waals surface area contributed by atoms with Gasteiger partial charge in [0.2, 0.25) is 0 Å². The molecule has 0 aliphatic heterocycles. The van der Waals surface area contributed by atoms with Crippen LogP contribution in [0.3, 0.4) is 0 Å². The van der Waals surface area contributed by atoms with E-state index < -0.39 is 0 Å². The van der Waals surface area contributed by atoms with Crippen molar-refractivity contribution >= 4 is 23.2 Å². The summed E-state index contributed by atoms with van der Waals surface area (Å²) in [5.41, 5.74) is 2.42. The predicted molar refractivity (Wildman–Crippen MR) is 124 cm³/mol. The number of hydrogen-bond acceptors (Lipinski definition) is 5. The number of aromatic nitrogens is 2. The molecule has 4 aromatic rings. The van der Waals surface area contributed by atoms with Crippen LogP contribution in [0.1, 0.15) is 9.59 Å². The molecule has 164 valence electrons. The highest BCUT2D eigenvalue weighted by Crippen LogP contribution is 2.08. The van der Waals surface area contributed by atoms with Crippen molar-refractivity contribution in [2.24, 2.45) is 9.98 Å². The zero-order chi connectivity index (χ0) is 22.9. The Balaban J connectivity index is 1.45. The summed E-state index contributed by atoms with van der Waals surface area (Å²) < 4.78 is 8.26. The van der Waals surface area contributed by atoms with Gasteiger partial charge < -0.3 is 4.74 Å². The van der Waals surface area contributed by atoms with Gasteiger partial charge in [-0.25, -0.2) is 9.98 Å². The van der Waals surface area contributed by atoms with Crippen LogP contribution in [-0.2, 0) is 4.74 Å². The number of hydrogen-bond donors (Lipinski definition) is 0. The Labute approximate surface area is 190 Å². The van der Waals surface area contributed by atoms with Crippen molar-refractivity contribution in [2.75, 3.05) is 13.2 Å². The molecule has 0 unspecified atom stereocenters. The van der Waals surface area contributed by atoms with Crippen molar-refractivity contribution in [1.29, 1.82) is 0 Å². The van der Waals surface area contributed by atoms with Gasteiger partial charge in [0.25, 0.3) is 11.8 Å². The summed E-state index contributed by atoms with van der Waals surface area (Å²) in [7, 11) is 0. The smallest absolute Gasteiger partial charge is 0.258 e. The first-order valence-electron chi connectivity index (χ1n) is 10.4. The molecular formula is C26H22N4O3. The molecule has 7 nitrogen and oxygen atoms in total. The minimum absolute atomic E-state index is 0.268. The van der Waals surface area contributed by atoms with Gasteiger partial charge >= 0.3 is 0 Å². The molecule has 33 heavy (non-hydrogen) atoms. The number of carbonyl (C=O) groups excluding carboxylic acids is 2. The molecular weight excluding hydrogens is 416 g/mol. The lowest BCUT2D eigenvalue weighted by Gasteiger charge is -2.09. The number of ether oxygens (including phenoxy) is 1. The lowest BCUT2D eigenvalue weighted by molar-refractivity contribution is 0.0571. The second-order valence-corrected chi connectivity index (χ2v) is 7.03. The second-order valence-electron chi connectivity index (χ2n) is 7.03. The van der Waals surface area contributed by atoms with Gasteiger partial charge in [0.15, 0.2) is 0 Å². The van der Waals surface area contributed by atoms with Gasteiger partial charge in [-0.15, -0.1) is 0 Å². The highest BCUT2D eigenvalue weighted by molar-refractivity contribution is 5.82.